The first-order valence-corrected chi connectivity index (χ1v) is 12.8. The second-order valence-electron chi connectivity index (χ2n) is 9.90. The summed E-state index contributed by atoms with van der Waals surface area (Å²) in [5.74, 6) is -0.281. The van der Waals surface area contributed by atoms with Crippen LogP contribution in [0.1, 0.15) is 50.1 Å². The zero-order valence-electron chi connectivity index (χ0n) is 21.5. The molecular weight excluding hydrogens is 492 g/mol. The van der Waals surface area contributed by atoms with Crippen LogP contribution in [0, 0.1) is 0 Å². The highest BCUT2D eigenvalue weighted by atomic mass is 16.5. The normalized spacial score (nSPS) is 12.5. The minimum atomic E-state index is -1.09. The summed E-state index contributed by atoms with van der Waals surface area (Å²) in [4.78, 5) is 11.4. The Morgan fingerprint density at radius 3 is 1.49 bits per heavy atom. The number of fused-ring (bicyclic) bond motifs is 8. The van der Waals surface area contributed by atoms with Crippen LogP contribution in [-0.4, -0.2) is 33.0 Å². The van der Waals surface area contributed by atoms with Crippen LogP contribution in [0.2, 0.25) is 0 Å². The zero-order valence-corrected chi connectivity index (χ0v) is 21.5. The van der Waals surface area contributed by atoms with Crippen molar-refractivity contribution in [1.82, 2.24) is 0 Å². The minimum Gasteiger partial charge on any atom is -0.507 e. The number of hydrogen-bond acceptors (Lipinski definition) is 5. The highest BCUT2D eigenvalue weighted by molar-refractivity contribution is 5.69. The highest BCUT2D eigenvalue weighted by Crippen LogP contribution is 2.38. The molecule has 0 fully saturated rings. The molecule has 0 radical (unpaired) electrons. The van der Waals surface area contributed by atoms with Gasteiger partial charge in [0.05, 0.1) is 0 Å². The largest absolute Gasteiger partial charge is 0.507 e. The van der Waals surface area contributed by atoms with Gasteiger partial charge in [0.2, 0.25) is 0 Å². The Bertz CT molecular complexity index is 1470. The van der Waals surface area contributed by atoms with Crippen LogP contribution < -0.4 is 4.74 Å². The summed E-state index contributed by atoms with van der Waals surface area (Å²) >= 11 is 0. The second kappa shape index (κ2) is 11.0. The molecular formula is C33H30O6. The van der Waals surface area contributed by atoms with Gasteiger partial charge in [-0.15, -0.1) is 6.58 Å². The molecule has 0 aromatic heterocycles. The van der Waals surface area contributed by atoms with Crippen molar-refractivity contribution in [3.63, 3.8) is 0 Å². The lowest BCUT2D eigenvalue weighted by atomic mass is 9.90. The maximum atomic E-state index is 11.4. The molecule has 39 heavy (non-hydrogen) atoms. The Morgan fingerprint density at radius 1 is 0.692 bits per heavy atom. The lowest BCUT2D eigenvalue weighted by Gasteiger charge is -2.19. The second-order valence-corrected chi connectivity index (χ2v) is 9.90. The van der Waals surface area contributed by atoms with Gasteiger partial charge in [0.15, 0.2) is 6.61 Å². The number of phenolic OH excluding ortho intramolecular Hbond substituents is 3. The highest BCUT2D eigenvalue weighted by Gasteiger charge is 2.20. The molecule has 0 aliphatic heterocycles. The Labute approximate surface area is 227 Å². The quantitative estimate of drug-likeness (QED) is 0.222. The van der Waals surface area contributed by atoms with Gasteiger partial charge < -0.3 is 25.2 Å². The van der Waals surface area contributed by atoms with Gasteiger partial charge in [0.25, 0.3) is 0 Å². The first-order valence-electron chi connectivity index (χ1n) is 12.8. The third kappa shape index (κ3) is 5.46. The van der Waals surface area contributed by atoms with Crippen molar-refractivity contribution >= 4 is 5.97 Å². The molecule has 8 bridgehead atoms. The predicted octanol–water partition coefficient (Wildman–Crippen LogP) is 5.67. The fraction of sp³-hybridized carbons (Fsp3) is 0.182. The maximum absolute atomic E-state index is 11.4. The van der Waals surface area contributed by atoms with Gasteiger partial charge in [-0.3, -0.25) is 0 Å². The molecule has 6 nitrogen and oxygen atoms in total. The lowest BCUT2D eigenvalue weighted by Crippen LogP contribution is -2.12. The number of ether oxygens (including phenoxy) is 1. The van der Waals surface area contributed by atoms with E-state index in [2.05, 4.69) is 6.58 Å². The molecule has 198 valence electrons. The van der Waals surface area contributed by atoms with Gasteiger partial charge in [0.1, 0.15) is 23.0 Å². The molecule has 0 amide bonds. The van der Waals surface area contributed by atoms with Gasteiger partial charge in [0, 0.05) is 25.7 Å². The fourth-order valence-corrected chi connectivity index (χ4v) is 5.30. The van der Waals surface area contributed by atoms with E-state index >= 15 is 0 Å². The number of allylic oxidation sites excluding steroid dienone is 1. The average molecular weight is 523 g/mol. The van der Waals surface area contributed by atoms with Crippen molar-refractivity contribution in [2.45, 2.75) is 32.1 Å². The number of phenols is 3. The average Bonchev–Trinajstić information content (AvgIpc) is 2.90. The van der Waals surface area contributed by atoms with Crippen molar-refractivity contribution in [2.24, 2.45) is 0 Å². The van der Waals surface area contributed by atoms with Gasteiger partial charge in [-0.1, -0.05) is 72.8 Å². The molecule has 4 N–H and O–H groups in total. The molecule has 1 aliphatic carbocycles. The van der Waals surface area contributed by atoms with Gasteiger partial charge in [-0.25, -0.2) is 4.79 Å². The van der Waals surface area contributed by atoms with Crippen molar-refractivity contribution < 1.29 is 30.0 Å². The van der Waals surface area contributed by atoms with Crippen LogP contribution in [0.4, 0.5) is 0 Å². The molecule has 6 heteroatoms. The SMILES string of the molecule is C=CCc1cc2c(O)c(c1)Cc1cccc(c1O)Cc1cccc(c1OCC(=O)O)Cc1cccc(c1O)C2. The van der Waals surface area contributed by atoms with Gasteiger partial charge in [-0.05, 0) is 56.5 Å². The number of aliphatic carboxylic acids is 1. The van der Waals surface area contributed by atoms with Crippen LogP contribution in [0.15, 0.2) is 79.4 Å². The third-order valence-corrected chi connectivity index (χ3v) is 7.16. The first-order chi connectivity index (χ1) is 18.8. The minimum absolute atomic E-state index is 0.122. The summed E-state index contributed by atoms with van der Waals surface area (Å²) in [5.41, 5.74) is 6.40. The summed E-state index contributed by atoms with van der Waals surface area (Å²) in [6.07, 6.45) is 3.65. The van der Waals surface area contributed by atoms with Crippen LogP contribution in [0.3, 0.4) is 0 Å². The maximum Gasteiger partial charge on any atom is 0.341 e. The van der Waals surface area contributed by atoms with Crippen LogP contribution in [-0.2, 0) is 36.9 Å². The van der Waals surface area contributed by atoms with Crippen molar-refractivity contribution in [1.29, 1.82) is 0 Å². The van der Waals surface area contributed by atoms with Crippen LogP contribution in [0.5, 0.6) is 23.0 Å². The molecule has 0 saturated heterocycles. The zero-order chi connectivity index (χ0) is 27.5. The van der Waals surface area contributed by atoms with Crippen LogP contribution >= 0.6 is 0 Å². The van der Waals surface area contributed by atoms with E-state index in [4.69, 9.17) is 4.74 Å². The van der Waals surface area contributed by atoms with Crippen molar-refractivity contribution in [3.05, 3.63) is 129 Å². The molecule has 0 saturated carbocycles. The Balaban J connectivity index is 1.72. The van der Waals surface area contributed by atoms with Gasteiger partial charge in [-0.2, -0.15) is 0 Å². The van der Waals surface area contributed by atoms with E-state index < -0.39 is 12.6 Å². The molecule has 4 aromatic rings. The summed E-state index contributed by atoms with van der Waals surface area (Å²) in [5, 5.41) is 43.1. The number of carboxylic acids is 1. The summed E-state index contributed by atoms with van der Waals surface area (Å²) < 4.78 is 5.78. The number of carboxylic acid groups (broad SMARTS) is 1. The van der Waals surface area contributed by atoms with E-state index in [1.54, 1.807) is 6.08 Å². The van der Waals surface area contributed by atoms with Gasteiger partial charge >= 0.3 is 5.97 Å². The predicted molar refractivity (Wildman–Crippen MR) is 149 cm³/mol. The summed E-state index contributed by atoms with van der Waals surface area (Å²) in [6.45, 7) is 3.34. The summed E-state index contributed by atoms with van der Waals surface area (Å²) in [6, 6.07) is 20.4. The third-order valence-electron chi connectivity index (χ3n) is 7.16. The standard InChI is InChI=1S/C33H30O6/c1-2-6-20-13-27-17-23-9-3-7-21(30(23)36)15-25-11-5-12-26(33(25)39-19-29(34)35)16-22-8-4-10-24(31(22)37)18-28(14-20)32(27)38/h2-5,7-14,36-38H,1,6,15-19H2,(H,34,35). The number of aromatic hydroxyl groups is 3. The van der Waals surface area contributed by atoms with E-state index in [1.165, 1.54) is 0 Å². The Kier molecular flexibility index (Phi) is 7.28. The number of benzene rings is 4. The van der Waals surface area contributed by atoms with Crippen LogP contribution in [0.25, 0.3) is 0 Å². The first kappa shape index (κ1) is 25.9. The molecule has 4 aromatic carbocycles. The molecule has 0 heterocycles. The fourth-order valence-electron chi connectivity index (χ4n) is 5.30. The number of carbonyl (C=O) groups is 1. The summed E-state index contributed by atoms with van der Waals surface area (Å²) in [7, 11) is 0. The lowest BCUT2D eigenvalue weighted by molar-refractivity contribution is -0.139. The Morgan fingerprint density at radius 2 is 1.08 bits per heavy atom. The topological polar surface area (TPSA) is 107 Å². The van der Waals surface area contributed by atoms with E-state index in [9.17, 15) is 25.2 Å². The van der Waals surface area contributed by atoms with Crippen molar-refractivity contribution in [3.8, 4) is 23.0 Å². The number of para-hydroxylation sites is 3. The molecule has 1 aliphatic rings. The van der Waals surface area contributed by atoms with E-state index in [-0.39, 0.29) is 17.2 Å². The molecule has 5 rings (SSSR count). The molecule has 0 spiro atoms. The van der Waals surface area contributed by atoms with E-state index in [1.807, 2.05) is 66.7 Å². The number of rotatable bonds is 5. The monoisotopic (exact) mass is 522 g/mol. The molecule has 0 atom stereocenters. The van der Waals surface area contributed by atoms with E-state index in [0.29, 0.717) is 71.2 Å². The van der Waals surface area contributed by atoms with E-state index in [0.717, 1.165) is 16.7 Å². The smallest absolute Gasteiger partial charge is 0.341 e. The Hall–Kier alpha value is -4.71. The van der Waals surface area contributed by atoms with Crippen molar-refractivity contribution in [2.75, 3.05) is 6.61 Å². The molecule has 0 unspecified atom stereocenters. The number of hydrogen-bond donors (Lipinski definition) is 4.